The predicted octanol–water partition coefficient (Wildman–Crippen LogP) is 4.24. The predicted molar refractivity (Wildman–Crippen MR) is 113 cm³/mol. The normalized spacial score (nSPS) is 12.2. The Labute approximate surface area is 181 Å². The molecule has 9 heteroatoms. The first kappa shape index (κ1) is 17.2. The van der Waals surface area contributed by atoms with Crippen molar-refractivity contribution in [2.45, 2.75) is 0 Å². The summed E-state index contributed by atoms with van der Waals surface area (Å²) in [7, 11) is 1.36. The van der Waals surface area contributed by atoms with Gasteiger partial charge in [0.05, 0.1) is 29.6 Å². The van der Waals surface area contributed by atoms with Crippen LogP contribution in [0.15, 0.2) is 54.7 Å². The summed E-state index contributed by atoms with van der Waals surface area (Å²) in [6.07, 6.45) is 1.13. The maximum Gasteiger partial charge on any atom is 0.259 e. The summed E-state index contributed by atoms with van der Waals surface area (Å²) in [6, 6.07) is 11.3. The number of methoxy groups -OCH3 is 1. The minimum Gasteiger partial charge on any atom is -0.494 e. The lowest BCUT2D eigenvalue weighted by Gasteiger charge is -2.16. The Morgan fingerprint density at radius 3 is 2.57 bits per heavy atom. The van der Waals surface area contributed by atoms with Crippen LogP contribution in [0.3, 0.4) is 0 Å². The zero-order chi connectivity index (χ0) is 24.2. The molecule has 0 spiro atoms. The first-order valence-corrected chi connectivity index (χ1v) is 8.94. The highest BCUT2D eigenvalue weighted by molar-refractivity contribution is 6.29. The first-order valence-electron chi connectivity index (χ1n) is 10.1. The van der Waals surface area contributed by atoms with E-state index in [1.165, 1.54) is 43.5 Å². The van der Waals surface area contributed by atoms with Crippen molar-refractivity contribution in [3.8, 4) is 5.75 Å². The van der Waals surface area contributed by atoms with Gasteiger partial charge in [-0.1, -0.05) is 17.7 Å². The molecule has 0 atom stereocenters. The number of ether oxygens (including phenoxy) is 1. The van der Waals surface area contributed by atoms with Crippen LogP contribution in [0.1, 0.15) is 24.8 Å². The van der Waals surface area contributed by atoms with E-state index in [9.17, 15) is 14.0 Å². The monoisotopic (exact) mass is 431 g/mol. The van der Waals surface area contributed by atoms with Crippen LogP contribution in [0.2, 0.25) is 5.15 Å². The Bertz CT molecular complexity index is 1190. The van der Waals surface area contributed by atoms with E-state index in [1.54, 1.807) is 12.1 Å². The van der Waals surface area contributed by atoms with Gasteiger partial charge in [0.1, 0.15) is 11.0 Å². The quantitative estimate of drug-likeness (QED) is 0.508. The molecule has 0 radical (unpaired) electrons. The molecule has 0 aliphatic rings. The second-order valence-corrected chi connectivity index (χ2v) is 6.37. The Morgan fingerprint density at radius 2 is 1.87 bits per heavy atom. The number of amides is 2. The van der Waals surface area contributed by atoms with Crippen LogP contribution in [0, 0.1) is 5.82 Å². The zero-order valence-electron chi connectivity index (χ0n) is 18.6. The molecule has 0 fully saturated rings. The summed E-state index contributed by atoms with van der Waals surface area (Å²) in [5.41, 5.74) is 0.895. The molecule has 0 saturated heterocycles. The van der Waals surface area contributed by atoms with Crippen molar-refractivity contribution in [2.75, 3.05) is 24.7 Å². The number of benzene rings is 2. The van der Waals surface area contributed by atoms with Gasteiger partial charge in [-0.05, 0) is 42.5 Å². The number of hydrogen-bond donors (Lipinski definition) is 3. The van der Waals surface area contributed by atoms with Crippen molar-refractivity contribution < 1.29 is 22.8 Å². The highest BCUT2D eigenvalue weighted by Crippen LogP contribution is 2.33. The zero-order valence-corrected chi connectivity index (χ0v) is 16.4. The van der Waals surface area contributed by atoms with Gasteiger partial charge < -0.3 is 20.7 Å². The molecule has 7 nitrogen and oxygen atoms in total. The molecule has 0 saturated carbocycles. The average molecular weight is 432 g/mol. The van der Waals surface area contributed by atoms with Crippen molar-refractivity contribution >= 4 is 40.5 Å². The van der Waals surface area contributed by atoms with Crippen LogP contribution < -0.4 is 20.7 Å². The molecule has 2 aromatic carbocycles. The fourth-order valence-corrected chi connectivity index (χ4v) is 2.85. The topological polar surface area (TPSA) is 92.4 Å². The van der Waals surface area contributed by atoms with Gasteiger partial charge in [0.2, 0.25) is 0 Å². The molecular weight excluding hydrogens is 411 g/mol. The SMILES string of the molecule is [2H]C([2H])([2H])NC(=O)c1cnc(Cl)cc1Nc1cccc(C(=O)Nc2ccc(F)cc2)c1OC. The van der Waals surface area contributed by atoms with Crippen molar-refractivity contribution in [3.05, 3.63) is 76.8 Å². The van der Waals surface area contributed by atoms with Crippen molar-refractivity contribution in [3.63, 3.8) is 0 Å². The van der Waals surface area contributed by atoms with Gasteiger partial charge in [-0.15, -0.1) is 0 Å². The van der Waals surface area contributed by atoms with Gasteiger partial charge in [0, 0.05) is 23.0 Å². The van der Waals surface area contributed by atoms with E-state index >= 15 is 0 Å². The highest BCUT2D eigenvalue weighted by atomic mass is 35.5. The maximum atomic E-state index is 13.1. The molecule has 3 rings (SSSR count). The smallest absolute Gasteiger partial charge is 0.259 e. The number of carbonyl (C=O) groups excluding carboxylic acids is 2. The summed E-state index contributed by atoms with van der Waals surface area (Å²) in [6.45, 7) is -2.70. The van der Waals surface area contributed by atoms with Gasteiger partial charge >= 0.3 is 0 Å². The summed E-state index contributed by atoms with van der Waals surface area (Å²) in [4.78, 5) is 29.1. The number of nitrogens with zero attached hydrogens (tertiary/aromatic N) is 1. The average Bonchev–Trinajstić information content (AvgIpc) is 2.74. The molecule has 0 bridgehead atoms. The van der Waals surface area contributed by atoms with E-state index in [0.717, 1.165) is 6.20 Å². The number of pyridine rings is 1. The minimum atomic E-state index is -2.70. The van der Waals surface area contributed by atoms with Crippen LogP contribution in [0.5, 0.6) is 5.75 Å². The van der Waals surface area contributed by atoms with Crippen LogP contribution >= 0.6 is 11.6 Å². The maximum absolute atomic E-state index is 13.1. The first-order chi connectivity index (χ1) is 15.6. The number of carbonyl (C=O) groups is 2. The third-order valence-electron chi connectivity index (χ3n) is 4.06. The third kappa shape index (κ3) is 4.66. The minimum absolute atomic E-state index is 0.0482. The molecule has 1 aromatic heterocycles. The van der Waals surface area contributed by atoms with Crippen molar-refractivity contribution in [1.82, 2.24) is 10.3 Å². The molecule has 154 valence electrons. The van der Waals surface area contributed by atoms with Gasteiger partial charge in [0.15, 0.2) is 5.75 Å². The van der Waals surface area contributed by atoms with Crippen LogP contribution in [-0.4, -0.2) is 30.9 Å². The Hall–Kier alpha value is -3.65. The molecule has 3 N–H and O–H groups in total. The lowest BCUT2D eigenvalue weighted by molar-refractivity contribution is 0.0962. The number of rotatable bonds is 6. The van der Waals surface area contributed by atoms with E-state index in [2.05, 4.69) is 15.6 Å². The number of halogens is 2. The van der Waals surface area contributed by atoms with E-state index in [1.807, 2.05) is 5.32 Å². The standard InChI is InChI=1S/C21H18ClFN4O3/c1-24-20(28)15-11-25-18(22)10-17(15)27-16-5-3-4-14(19(16)30-2)21(29)26-13-8-6-12(23)7-9-13/h3-11H,1-2H3,(H,24,28)(H,25,27)(H,26,29)/i1D3. The lowest BCUT2D eigenvalue weighted by atomic mass is 10.1. The number of aromatic nitrogens is 1. The van der Waals surface area contributed by atoms with E-state index < -0.39 is 24.6 Å². The van der Waals surface area contributed by atoms with Crippen molar-refractivity contribution in [1.29, 1.82) is 0 Å². The van der Waals surface area contributed by atoms with E-state index in [0.29, 0.717) is 11.4 Å². The molecule has 1 heterocycles. The Kier molecular flexibility index (Phi) is 5.30. The molecule has 0 aliphatic heterocycles. The Morgan fingerprint density at radius 1 is 1.10 bits per heavy atom. The Balaban J connectivity index is 1.94. The van der Waals surface area contributed by atoms with Crippen LogP contribution in [0.25, 0.3) is 0 Å². The van der Waals surface area contributed by atoms with Crippen LogP contribution in [-0.2, 0) is 0 Å². The fourth-order valence-electron chi connectivity index (χ4n) is 2.69. The second kappa shape index (κ2) is 9.23. The van der Waals surface area contributed by atoms with Crippen LogP contribution in [0.4, 0.5) is 21.5 Å². The fraction of sp³-hybridized carbons (Fsp3) is 0.0952. The molecular formula is C21H18ClFN4O3. The summed E-state index contributed by atoms with van der Waals surface area (Å²) >= 11 is 5.96. The molecule has 0 aliphatic carbocycles. The molecule has 2 amide bonds. The highest BCUT2D eigenvalue weighted by Gasteiger charge is 2.18. The van der Waals surface area contributed by atoms with E-state index in [4.69, 9.17) is 20.5 Å². The van der Waals surface area contributed by atoms with Crippen molar-refractivity contribution in [2.24, 2.45) is 0 Å². The van der Waals surface area contributed by atoms with Gasteiger partial charge in [-0.25, -0.2) is 9.37 Å². The van der Waals surface area contributed by atoms with Gasteiger partial charge in [-0.2, -0.15) is 0 Å². The van der Waals surface area contributed by atoms with E-state index in [-0.39, 0.29) is 27.7 Å². The summed E-state index contributed by atoms with van der Waals surface area (Å²) in [5.74, 6) is -1.71. The van der Waals surface area contributed by atoms with Gasteiger partial charge in [-0.3, -0.25) is 9.59 Å². The second-order valence-electron chi connectivity index (χ2n) is 5.98. The number of nitrogens with one attached hydrogen (secondary N) is 3. The summed E-state index contributed by atoms with van der Waals surface area (Å²) < 4.78 is 40.2. The number of anilines is 3. The largest absolute Gasteiger partial charge is 0.494 e. The summed E-state index contributed by atoms with van der Waals surface area (Å²) in [5, 5.41) is 7.52. The molecule has 0 unspecified atom stereocenters. The lowest BCUT2D eigenvalue weighted by Crippen LogP contribution is -2.19. The molecule has 3 aromatic rings. The third-order valence-corrected chi connectivity index (χ3v) is 4.27. The number of para-hydroxylation sites is 1. The van der Waals surface area contributed by atoms with Gasteiger partial charge in [0.25, 0.3) is 11.8 Å². The molecule has 30 heavy (non-hydrogen) atoms. The number of hydrogen-bond acceptors (Lipinski definition) is 5.